The number of benzene rings is 3. The summed E-state index contributed by atoms with van der Waals surface area (Å²) in [6, 6.07) is 16.6. The number of ether oxygens (including phenoxy) is 2. The fourth-order valence-corrected chi connectivity index (χ4v) is 3.88. The molecule has 1 heterocycles. The Labute approximate surface area is 185 Å². The number of methoxy groups -OCH3 is 1. The quantitative estimate of drug-likeness (QED) is 0.617. The lowest BCUT2D eigenvalue weighted by molar-refractivity contribution is -0.117. The summed E-state index contributed by atoms with van der Waals surface area (Å²) in [6.45, 7) is 2.23. The molecule has 2 N–H and O–H groups in total. The lowest BCUT2D eigenvalue weighted by Gasteiger charge is -2.18. The largest absolute Gasteiger partial charge is 0.493 e. The maximum absolute atomic E-state index is 13.4. The summed E-state index contributed by atoms with van der Waals surface area (Å²) in [5.74, 6) is 0.568. The van der Waals surface area contributed by atoms with E-state index in [1.165, 1.54) is 12.1 Å². The van der Waals surface area contributed by atoms with Crippen molar-refractivity contribution in [3.05, 3.63) is 83.2 Å². The number of anilines is 1. The van der Waals surface area contributed by atoms with E-state index >= 15 is 0 Å². The van der Waals surface area contributed by atoms with E-state index in [-0.39, 0.29) is 17.6 Å². The second-order valence-corrected chi connectivity index (χ2v) is 7.74. The number of halogens is 1. The van der Waals surface area contributed by atoms with Crippen molar-refractivity contribution < 1.29 is 23.5 Å². The predicted molar refractivity (Wildman–Crippen MR) is 119 cm³/mol. The minimum absolute atomic E-state index is 0.0377. The first-order valence-corrected chi connectivity index (χ1v) is 10.2. The van der Waals surface area contributed by atoms with E-state index in [1.807, 2.05) is 12.1 Å². The van der Waals surface area contributed by atoms with Crippen LogP contribution in [0.1, 0.15) is 33.8 Å². The molecule has 0 saturated carbocycles. The highest BCUT2D eigenvalue weighted by atomic mass is 19.1. The molecule has 6 nitrogen and oxygen atoms in total. The molecule has 1 saturated heterocycles. The van der Waals surface area contributed by atoms with Gasteiger partial charge in [-0.05, 0) is 66.6 Å². The van der Waals surface area contributed by atoms with Crippen LogP contribution in [0.3, 0.4) is 0 Å². The molecule has 0 aliphatic carbocycles. The van der Waals surface area contributed by atoms with Crippen molar-refractivity contribution >= 4 is 17.5 Å². The molecule has 164 valence electrons. The van der Waals surface area contributed by atoms with E-state index in [1.54, 1.807) is 55.3 Å². The van der Waals surface area contributed by atoms with Gasteiger partial charge >= 0.3 is 0 Å². The molecular weight excluding hydrogens is 411 g/mol. The Hall–Kier alpha value is -3.87. The van der Waals surface area contributed by atoms with Crippen molar-refractivity contribution in [3.8, 4) is 17.2 Å². The molecule has 0 bridgehead atoms. The Bertz CT molecular complexity index is 1190. The van der Waals surface area contributed by atoms with Gasteiger partial charge in [0.15, 0.2) is 11.5 Å². The molecule has 1 aliphatic rings. The summed E-state index contributed by atoms with van der Waals surface area (Å²) in [4.78, 5) is 25.9. The third kappa shape index (κ3) is 4.27. The van der Waals surface area contributed by atoms with Gasteiger partial charge in [-0.25, -0.2) is 4.39 Å². The highest BCUT2D eigenvalue weighted by Crippen LogP contribution is 2.39. The number of aryl methyl sites for hydroxylation is 1. The van der Waals surface area contributed by atoms with Crippen LogP contribution in [0.5, 0.6) is 17.2 Å². The molecule has 3 aromatic rings. The zero-order chi connectivity index (χ0) is 22.8. The highest BCUT2D eigenvalue weighted by Gasteiger charge is 2.32. The van der Waals surface area contributed by atoms with Crippen LogP contribution in [0, 0.1) is 12.7 Å². The summed E-state index contributed by atoms with van der Waals surface area (Å²) in [7, 11) is 1.55. The summed E-state index contributed by atoms with van der Waals surface area (Å²) in [5, 5.41) is 0. The van der Waals surface area contributed by atoms with Crippen molar-refractivity contribution in [3.63, 3.8) is 0 Å². The summed E-state index contributed by atoms with van der Waals surface area (Å²) >= 11 is 0. The molecule has 1 aliphatic heterocycles. The zero-order valence-electron chi connectivity index (χ0n) is 17.8. The Balaban J connectivity index is 1.60. The molecule has 0 spiro atoms. The SMILES string of the molecule is COc1ccc(C2CC(=O)N(c3cccc(C(N)=O)c3)C2)cc1Oc1ccc(F)cc1C. The van der Waals surface area contributed by atoms with Crippen molar-refractivity contribution in [1.82, 2.24) is 0 Å². The van der Waals surface area contributed by atoms with Crippen molar-refractivity contribution in [2.24, 2.45) is 5.73 Å². The van der Waals surface area contributed by atoms with Gasteiger partial charge in [0.2, 0.25) is 11.8 Å². The molecule has 2 amide bonds. The molecular formula is C25H23FN2O4. The molecule has 32 heavy (non-hydrogen) atoms. The standard InChI is InChI=1S/C25H23FN2O4/c1-15-10-19(26)7-9-21(15)32-23-12-16(6-8-22(23)31-2)18-13-24(29)28(14-18)20-5-3-4-17(11-20)25(27)30/h3-12,18H,13-14H2,1-2H3,(H2,27,30). The molecule has 4 rings (SSSR count). The minimum atomic E-state index is -0.539. The van der Waals surface area contributed by atoms with E-state index in [4.69, 9.17) is 15.2 Å². The number of carbonyl (C=O) groups excluding carboxylic acids is 2. The van der Waals surface area contributed by atoms with Gasteiger partial charge in [-0.2, -0.15) is 0 Å². The van der Waals surface area contributed by atoms with E-state index < -0.39 is 5.91 Å². The normalized spacial score (nSPS) is 15.7. The number of hydrogen-bond acceptors (Lipinski definition) is 4. The molecule has 1 atom stereocenters. The van der Waals surface area contributed by atoms with Crippen LogP contribution in [-0.4, -0.2) is 25.5 Å². The van der Waals surface area contributed by atoms with Crippen LogP contribution in [0.25, 0.3) is 0 Å². The highest BCUT2D eigenvalue weighted by molar-refractivity contribution is 5.99. The van der Waals surface area contributed by atoms with Crippen LogP contribution < -0.4 is 20.1 Å². The van der Waals surface area contributed by atoms with E-state index in [9.17, 15) is 14.0 Å². The number of rotatable bonds is 6. The summed E-state index contributed by atoms with van der Waals surface area (Å²) in [5.41, 5.74) is 7.95. The summed E-state index contributed by atoms with van der Waals surface area (Å²) in [6.07, 6.45) is 0.322. The molecule has 1 unspecified atom stereocenters. The van der Waals surface area contributed by atoms with Gasteiger partial charge in [-0.3, -0.25) is 9.59 Å². The smallest absolute Gasteiger partial charge is 0.248 e. The number of amides is 2. The lowest BCUT2D eigenvalue weighted by atomic mass is 9.98. The summed E-state index contributed by atoms with van der Waals surface area (Å²) < 4.78 is 24.9. The van der Waals surface area contributed by atoms with Crippen LogP contribution >= 0.6 is 0 Å². The van der Waals surface area contributed by atoms with Crippen molar-refractivity contribution in [2.75, 3.05) is 18.6 Å². The first-order valence-electron chi connectivity index (χ1n) is 10.2. The fraction of sp³-hybridized carbons (Fsp3) is 0.200. The van der Waals surface area contributed by atoms with Gasteiger partial charge in [-0.15, -0.1) is 0 Å². The van der Waals surface area contributed by atoms with Crippen LogP contribution in [0.2, 0.25) is 0 Å². The van der Waals surface area contributed by atoms with E-state index in [0.29, 0.717) is 47.0 Å². The minimum Gasteiger partial charge on any atom is -0.493 e. The number of carbonyl (C=O) groups is 2. The van der Waals surface area contributed by atoms with Gasteiger partial charge in [0, 0.05) is 30.1 Å². The molecule has 1 fully saturated rings. The zero-order valence-corrected chi connectivity index (χ0v) is 17.8. The Morgan fingerprint density at radius 2 is 1.84 bits per heavy atom. The van der Waals surface area contributed by atoms with Gasteiger partial charge in [-0.1, -0.05) is 12.1 Å². The predicted octanol–water partition coefficient (Wildman–Crippen LogP) is 4.55. The Morgan fingerprint density at radius 3 is 2.56 bits per heavy atom. The third-order valence-electron chi connectivity index (χ3n) is 5.58. The molecule has 0 aromatic heterocycles. The van der Waals surface area contributed by atoms with Gasteiger partial charge in [0.05, 0.1) is 7.11 Å². The molecule has 3 aromatic carbocycles. The monoisotopic (exact) mass is 434 g/mol. The van der Waals surface area contributed by atoms with Gasteiger partial charge in [0.1, 0.15) is 11.6 Å². The number of hydrogen-bond donors (Lipinski definition) is 1. The van der Waals surface area contributed by atoms with Gasteiger partial charge in [0.25, 0.3) is 0 Å². The third-order valence-corrected chi connectivity index (χ3v) is 5.58. The number of primary amides is 1. The average molecular weight is 434 g/mol. The maximum Gasteiger partial charge on any atom is 0.248 e. The fourth-order valence-electron chi connectivity index (χ4n) is 3.88. The van der Waals surface area contributed by atoms with Crippen molar-refractivity contribution in [2.45, 2.75) is 19.3 Å². The second kappa shape index (κ2) is 8.70. The van der Waals surface area contributed by atoms with Crippen LogP contribution in [0.15, 0.2) is 60.7 Å². The van der Waals surface area contributed by atoms with Crippen LogP contribution in [-0.2, 0) is 4.79 Å². The Morgan fingerprint density at radius 1 is 1.06 bits per heavy atom. The average Bonchev–Trinajstić information content (AvgIpc) is 3.17. The lowest BCUT2D eigenvalue weighted by Crippen LogP contribution is -2.24. The number of nitrogens with zero attached hydrogens (tertiary/aromatic N) is 1. The first kappa shape index (κ1) is 21.4. The van der Waals surface area contributed by atoms with Crippen LogP contribution in [0.4, 0.5) is 10.1 Å². The van der Waals surface area contributed by atoms with Gasteiger partial charge < -0.3 is 20.1 Å². The topological polar surface area (TPSA) is 81.9 Å². The maximum atomic E-state index is 13.4. The first-order chi connectivity index (χ1) is 15.4. The Kier molecular flexibility index (Phi) is 5.81. The molecule has 0 radical (unpaired) electrons. The van der Waals surface area contributed by atoms with Crippen molar-refractivity contribution in [1.29, 1.82) is 0 Å². The van der Waals surface area contributed by atoms with E-state index in [2.05, 4.69) is 0 Å². The van der Waals surface area contributed by atoms with E-state index in [0.717, 1.165) is 5.56 Å². The molecule has 7 heteroatoms. The second-order valence-electron chi connectivity index (χ2n) is 7.74. The number of nitrogens with two attached hydrogens (primary N) is 1.